The maximum Gasteiger partial charge on any atom is 0.159 e. The Morgan fingerprint density at radius 3 is 2.89 bits per heavy atom. The van der Waals surface area contributed by atoms with Crippen molar-refractivity contribution in [1.82, 2.24) is 10.3 Å². The molecule has 3 aromatic rings. The highest BCUT2D eigenvalue weighted by Crippen LogP contribution is 2.26. The van der Waals surface area contributed by atoms with Crippen molar-refractivity contribution in [2.24, 2.45) is 0 Å². The summed E-state index contributed by atoms with van der Waals surface area (Å²) in [6.45, 7) is 0.727. The van der Waals surface area contributed by atoms with Crippen LogP contribution >= 0.6 is 11.8 Å². The summed E-state index contributed by atoms with van der Waals surface area (Å²) < 4.78 is 0. The first kappa shape index (κ1) is 18.5. The lowest BCUT2D eigenvalue weighted by atomic mass is 9.94. The molecule has 0 amide bonds. The number of H-pyrrole nitrogens is 1. The van der Waals surface area contributed by atoms with Gasteiger partial charge in [0.1, 0.15) is 0 Å². The molecule has 1 aliphatic rings. The molecule has 0 saturated heterocycles. The monoisotopic (exact) mass is 387 g/mol. The van der Waals surface area contributed by atoms with Crippen molar-refractivity contribution in [2.45, 2.75) is 18.2 Å². The lowest BCUT2D eigenvalue weighted by Gasteiger charge is -2.23. The van der Waals surface area contributed by atoms with Crippen molar-refractivity contribution in [3.8, 4) is 6.07 Å². The van der Waals surface area contributed by atoms with Gasteiger partial charge in [-0.25, -0.2) is 0 Å². The number of nitrogens with one attached hydrogen (secondary N) is 2. The van der Waals surface area contributed by atoms with Crippen LogP contribution < -0.4 is 5.32 Å². The number of hydrogen-bond acceptors (Lipinski definition) is 4. The van der Waals surface area contributed by atoms with E-state index in [0.29, 0.717) is 11.3 Å². The van der Waals surface area contributed by atoms with Gasteiger partial charge in [-0.15, -0.1) is 11.8 Å². The summed E-state index contributed by atoms with van der Waals surface area (Å²) in [4.78, 5) is 15.9. The number of nitriles is 1. The number of fused-ring (bicyclic) bond motifs is 1. The van der Waals surface area contributed by atoms with E-state index in [-0.39, 0.29) is 11.8 Å². The molecular formula is C23H21N3OS. The largest absolute Gasteiger partial charge is 0.361 e. The van der Waals surface area contributed by atoms with E-state index < -0.39 is 0 Å². The lowest BCUT2D eigenvalue weighted by molar-refractivity contribution is -0.118. The molecule has 0 saturated carbocycles. The Kier molecular flexibility index (Phi) is 5.61. The van der Waals surface area contributed by atoms with Crippen molar-refractivity contribution >= 4 is 34.0 Å². The molecule has 0 aliphatic carbocycles. The summed E-state index contributed by atoms with van der Waals surface area (Å²) in [5.41, 5.74) is 5.24. The van der Waals surface area contributed by atoms with Crippen LogP contribution in [0.25, 0.3) is 16.5 Å². The number of carbonyl (C=O) groups is 1. The van der Waals surface area contributed by atoms with Crippen LogP contribution in [0, 0.1) is 11.3 Å². The van der Waals surface area contributed by atoms with Gasteiger partial charge in [-0.1, -0.05) is 36.4 Å². The van der Waals surface area contributed by atoms with E-state index in [1.807, 2.05) is 42.6 Å². The Balaban J connectivity index is 1.35. The van der Waals surface area contributed by atoms with Gasteiger partial charge in [0, 0.05) is 29.4 Å². The molecule has 1 aromatic heterocycles. The van der Waals surface area contributed by atoms with E-state index in [9.17, 15) is 4.79 Å². The molecule has 0 radical (unpaired) electrons. The van der Waals surface area contributed by atoms with E-state index in [1.54, 1.807) is 11.8 Å². The molecule has 28 heavy (non-hydrogen) atoms. The van der Waals surface area contributed by atoms with Crippen LogP contribution in [0.5, 0.6) is 0 Å². The van der Waals surface area contributed by atoms with Crippen molar-refractivity contribution in [3.05, 3.63) is 77.5 Å². The second-order valence-electron chi connectivity index (χ2n) is 6.91. The quantitative estimate of drug-likeness (QED) is 0.662. The van der Waals surface area contributed by atoms with E-state index in [0.717, 1.165) is 35.2 Å². The molecule has 1 atom stereocenters. The van der Waals surface area contributed by atoms with Gasteiger partial charge < -0.3 is 10.3 Å². The van der Waals surface area contributed by atoms with Crippen LogP contribution in [0.4, 0.5) is 0 Å². The number of nitrogens with zero attached hydrogens (tertiary/aromatic N) is 1. The molecule has 0 fully saturated rings. The normalized spacial score (nSPS) is 16.5. The van der Waals surface area contributed by atoms with Crippen molar-refractivity contribution < 1.29 is 4.79 Å². The number of aromatic nitrogens is 1. The topological polar surface area (TPSA) is 68.7 Å². The van der Waals surface area contributed by atoms with Crippen LogP contribution in [-0.2, 0) is 10.5 Å². The van der Waals surface area contributed by atoms with Crippen LogP contribution in [0.2, 0.25) is 0 Å². The minimum Gasteiger partial charge on any atom is -0.361 e. The summed E-state index contributed by atoms with van der Waals surface area (Å²) in [6, 6.07) is 18.0. The third kappa shape index (κ3) is 4.04. The number of Topliss-reactive ketones (excluding diaryl/α,β-unsaturated/α-hetero) is 1. The summed E-state index contributed by atoms with van der Waals surface area (Å²) in [7, 11) is 0. The lowest BCUT2D eigenvalue weighted by Crippen LogP contribution is -2.40. The standard InChI is InChI=1S/C23H21N3OS/c24-12-16-6-7-21-20(10-16)19(13-26-21)14-28-15-23(27)22-11-18(8-9-25-22)17-4-2-1-3-5-17/h1-8,10,13,22,25-26H,9,11,14-15H2. The summed E-state index contributed by atoms with van der Waals surface area (Å²) >= 11 is 1.63. The molecule has 2 N–H and O–H groups in total. The number of ketones is 1. The first-order valence-corrected chi connectivity index (χ1v) is 10.5. The second kappa shape index (κ2) is 8.47. The maximum absolute atomic E-state index is 12.7. The molecule has 0 bridgehead atoms. The van der Waals surface area contributed by atoms with Crippen LogP contribution in [0.15, 0.2) is 60.8 Å². The fourth-order valence-electron chi connectivity index (χ4n) is 3.54. The third-order valence-corrected chi connectivity index (χ3v) is 6.07. The first-order valence-electron chi connectivity index (χ1n) is 9.33. The number of carbonyl (C=O) groups excluding carboxylic acids is 1. The summed E-state index contributed by atoms with van der Waals surface area (Å²) in [6.07, 6.45) is 4.88. The van der Waals surface area contributed by atoms with E-state index >= 15 is 0 Å². The highest BCUT2D eigenvalue weighted by atomic mass is 32.2. The summed E-state index contributed by atoms with van der Waals surface area (Å²) in [5.74, 6) is 1.46. The Labute approximate surface area is 168 Å². The zero-order valence-electron chi connectivity index (χ0n) is 15.4. The minimum absolute atomic E-state index is 0.124. The average molecular weight is 388 g/mol. The number of benzene rings is 2. The van der Waals surface area contributed by atoms with Gasteiger partial charge in [0.2, 0.25) is 0 Å². The highest BCUT2D eigenvalue weighted by molar-refractivity contribution is 7.99. The Morgan fingerprint density at radius 1 is 1.21 bits per heavy atom. The minimum atomic E-state index is -0.124. The van der Waals surface area contributed by atoms with E-state index in [1.165, 1.54) is 11.1 Å². The van der Waals surface area contributed by atoms with Gasteiger partial charge in [-0.2, -0.15) is 5.26 Å². The summed E-state index contributed by atoms with van der Waals surface area (Å²) in [5, 5.41) is 13.5. The van der Waals surface area contributed by atoms with Gasteiger partial charge in [0.05, 0.1) is 23.4 Å². The maximum atomic E-state index is 12.7. The van der Waals surface area contributed by atoms with Crippen molar-refractivity contribution in [2.75, 3.05) is 12.3 Å². The smallest absolute Gasteiger partial charge is 0.159 e. The van der Waals surface area contributed by atoms with Gasteiger partial charge in [-0.05, 0) is 41.3 Å². The Bertz CT molecular complexity index is 1060. The zero-order chi connectivity index (χ0) is 19.3. The van der Waals surface area contributed by atoms with Gasteiger partial charge in [0.15, 0.2) is 5.78 Å². The van der Waals surface area contributed by atoms with Crippen LogP contribution in [-0.4, -0.2) is 29.1 Å². The predicted molar refractivity (Wildman–Crippen MR) is 115 cm³/mol. The number of hydrogen-bond donors (Lipinski definition) is 2. The highest BCUT2D eigenvalue weighted by Gasteiger charge is 2.22. The number of thioether (sulfide) groups is 1. The molecule has 4 nitrogen and oxygen atoms in total. The number of rotatable bonds is 6. The molecular weight excluding hydrogens is 366 g/mol. The molecule has 1 aliphatic heterocycles. The fraction of sp³-hybridized carbons (Fsp3) is 0.217. The van der Waals surface area contributed by atoms with Gasteiger partial charge in [0.25, 0.3) is 0 Å². The molecule has 2 aromatic carbocycles. The van der Waals surface area contributed by atoms with Gasteiger partial charge in [-0.3, -0.25) is 4.79 Å². The molecule has 5 heteroatoms. The van der Waals surface area contributed by atoms with E-state index in [2.05, 4.69) is 34.6 Å². The SMILES string of the molecule is N#Cc1ccc2[nH]cc(CSCC(=O)C3CC(c4ccccc4)=CCN3)c2c1. The molecule has 0 spiro atoms. The van der Waals surface area contributed by atoms with Gasteiger partial charge >= 0.3 is 0 Å². The Morgan fingerprint density at radius 2 is 2.07 bits per heavy atom. The molecule has 1 unspecified atom stereocenters. The molecule has 4 rings (SSSR count). The Hall–Kier alpha value is -2.81. The van der Waals surface area contributed by atoms with E-state index in [4.69, 9.17) is 5.26 Å². The fourth-order valence-corrected chi connectivity index (χ4v) is 4.51. The molecule has 2 heterocycles. The predicted octanol–water partition coefficient (Wildman–Crippen LogP) is 4.29. The van der Waals surface area contributed by atoms with Crippen LogP contribution in [0.1, 0.15) is 23.1 Å². The second-order valence-corrected chi connectivity index (χ2v) is 7.89. The van der Waals surface area contributed by atoms with Crippen LogP contribution in [0.3, 0.4) is 0 Å². The number of aromatic amines is 1. The molecule has 140 valence electrons. The first-order chi connectivity index (χ1) is 13.7. The van der Waals surface area contributed by atoms with Crippen molar-refractivity contribution in [1.29, 1.82) is 5.26 Å². The zero-order valence-corrected chi connectivity index (χ0v) is 16.3. The average Bonchev–Trinajstić information content (AvgIpc) is 3.16. The van der Waals surface area contributed by atoms with Crippen molar-refractivity contribution in [3.63, 3.8) is 0 Å². The third-order valence-electron chi connectivity index (χ3n) is 5.07.